The van der Waals surface area contributed by atoms with Crippen molar-refractivity contribution < 1.29 is 8.42 Å². The van der Waals surface area contributed by atoms with E-state index in [1.54, 1.807) is 24.3 Å². The van der Waals surface area contributed by atoms with Gasteiger partial charge in [-0.25, -0.2) is 18.1 Å². The van der Waals surface area contributed by atoms with Crippen LogP contribution >= 0.6 is 24.0 Å². The molecule has 3 rings (SSSR count). The number of hydrogen-bond acceptors (Lipinski definition) is 3. The summed E-state index contributed by atoms with van der Waals surface area (Å²) < 4.78 is 25.8. The lowest BCUT2D eigenvalue weighted by atomic mass is 9.90. The number of sulfonamides is 1. The molecular weight excluding hydrogens is 475 g/mol. The highest BCUT2D eigenvalue weighted by Gasteiger charge is 2.13. The number of aliphatic imine (C=N–C) groups is 1. The molecule has 0 heterocycles. The number of nitrogens with one attached hydrogen (secondary N) is 2. The van der Waals surface area contributed by atoms with Crippen molar-refractivity contribution in [2.24, 2.45) is 10.7 Å². The van der Waals surface area contributed by atoms with Crippen LogP contribution in [0.25, 0.3) is 0 Å². The second kappa shape index (κ2) is 9.52. The minimum Gasteiger partial charge on any atom is -0.370 e. The van der Waals surface area contributed by atoms with Crippen molar-refractivity contribution in [3.63, 3.8) is 0 Å². The predicted octanol–water partition coefficient (Wildman–Crippen LogP) is 3.02. The van der Waals surface area contributed by atoms with Crippen LogP contribution in [-0.4, -0.2) is 21.4 Å². The molecule has 0 amide bonds. The van der Waals surface area contributed by atoms with Crippen LogP contribution in [0.3, 0.4) is 0 Å². The zero-order valence-corrected chi connectivity index (χ0v) is 18.4. The minimum atomic E-state index is -3.42. The van der Waals surface area contributed by atoms with Gasteiger partial charge in [-0.05, 0) is 67.6 Å². The number of benzene rings is 2. The van der Waals surface area contributed by atoms with Crippen molar-refractivity contribution in [2.75, 3.05) is 12.4 Å². The molecule has 146 valence electrons. The van der Waals surface area contributed by atoms with Crippen LogP contribution in [0, 0.1) is 0 Å². The third-order valence-corrected chi connectivity index (χ3v) is 6.02. The lowest BCUT2D eigenvalue weighted by Gasteiger charge is -2.19. The molecule has 2 aromatic rings. The van der Waals surface area contributed by atoms with Gasteiger partial charge < -0.3 is 11.1 Å². The van der Waals surface area contributed by atoms with E-state index in [0.29, 0.717) is 12.5 Å². The summed E-state index contributed by atoms with van der Waals surface area (Å²) in [5.41, 5.74) is 10.7. The fraction of sp³-hybridized carbons (Fsp3) is 0.316. The first-order valence-corrected chi connectivity index (χ1v) is 10.2. The molecule has 0 atom stereocenters. The van der Waals surface area contributed by atoms with E-state index >= 15 is 0 Å². The lowest BCUT2D eigenvalue weighted by Crippen LogP contribution is -2.24. The van der Waals surface area contributed by atoms with Crippen LogP contribution in [0.2, 0.25) is 0 Å². The van der Waals surface area contributed by atoms with Crippen molar-refractivity contribution in [1.82, 2.24) is 4.72 Å². The normalized spacial score (nSPS) is 14.2. The molecule has 1 aliphatic carbocycles. The zero-order valence-electron chi connectivity index (χ0n) is 15.2. The van der Waals surface area contributed by atoms with Gasteiger partial charge in [0.15, 0.2) is 5.96 Å². The van der Waals surface area contributed by atoms with Gasteiger partial charge >= 0.3 is 0 Å². The van der Waals surface area contributed by atoms with E-state index in [-0.39, 0.29) is 28.9 Å². The number of fused-ring (bicyclic) bond motifs is 1. The van der Waals surface area contributed by atoms with Gasteiger partial charge in [0, 0.05) is 5.69 Å². The van der Waals surface area contributed by atoms with Gasteiger partial charge in [-0.1, -0.05) is 24.3 Å². The summed E-state index contributed by atoms with van der Waals surface area (Å²) in [4.78, 5) is 4.60. The van der Waals surface area contributed by atoms with E-state index < -0.39 is 10.0 Å². The molecule has 0 saturated heterocycles. The van der Waals surface area contributed by atoms with Crippen LogP contribution in [0.4, 0.5) is 5.69 Å². The number of nitrogens with zero attached hydrogens (tertiary/aromatic N) is 1. The maximum Gasteiger partial charge on any atom is 0.240 e. The van der Waals surface area contributed by atoms with Gasteiger partial charge in [0.25, 0.3) is 0 Å². The smallest absolute Gasteiger partial charge is 0.240 e. The van der Waals surface area contributed by atoms with Gasteiger partial charge in [-0.2, -0.15) is 0 Å². The second-order valence-corrected chi connectivity index (χ2v) is 8.21. The molecule has 2 aromatic carbocycles. The lowest BCUT2D eigenvalue weighted by molar-refractivity contribution is 0.588. The van der Waals surface area contributed by atoms with E-state index in [9.17, 15) is 8.42 Å². The number of aryl methyl sites for hydroxylation is 1. The average Bonchev–Trinajstić information content (AvgIpc) is 2.67. The zero-order chi connectivity index (χ0) is 18.6. The summed E-state index contributed by atoms with van der Waals surface area (Å²) >= 11 is 0. The molecule has 0 aliphatic heterocycles. The molecular formula is C19H25IN4O2S. The van der Waals surface area contributed by atoms with Crippen molar-refractivity contribution in [3.05, 3.63) is 59.2 Å². The number of nitrogens with two attached hydrogens (primary N) is 1. The average molecular weight is 500 g/mol. The third-order valence-electron chi connectivity index (χ3n) is 4.59. The van der Waals surface area contributed by atoms with E-state index in [1.807, 2.05) is 12.1 Å². The molecule has 0 spiro atoms. The molecule has 0 bridgehead atoms. The van der Waals surface area contributed by atoms with Crippen molar-refractivity contribution in [1.29, 1.82) is 0 Å². The number of guanidine groups is 1. The highest BCUT2D eigenvalue weighted by Crippen LogP contribution is 2.27. The Morgan fingerprint density at radius 3 is 2.52 bits per heavy atom. The Balaban J connectivity index is 0.00000261. The number of rotatable bonds is 5. The Bertz CT molecular complexity index is 912. The first-order chi connectivity index (χ1) is 12.5. The molecule has 8 heteroatoms. The molecule has 6 nitrogen and oxygen atoms in total. The molecule has 0 aromatic heterocycles. The third kappa shape index (κ3) is 5.43. The molecule has 0 fully saturated rings. The Hall–Kier alpha value is -1.65. The Kier molecular flexibility index (Phi) is 7.63. The quantitative estimate of drug-likeness (QED) is 0.334. The topological polar surface area (TPSA) is 96.6 Å². The number of hydrogen-bond donors (Lipinski definition) is 3. The Labute approximate surface area is 177 Å². The predicted molar refractivity (Wildman–Crippen MR) is 120 cm³/mol. The van der Waals surface area contributed by atoms with E-state index in [2.05, 4.69) is 21.1 Å². The summed E-state index contributed by atoms with van der Waals surface area (Å²) in [6.45, 7) is 0.383. The van der Waals surface area contributed by atoms with Crippen LogP contribution in [0.15, 0.2) is 52.4 Å². The summed E-state index contributed by atoms with van der Waals surface area (Å²) in [6, 6.07) is 12.9. The summed E-state index contributed by atoms with van der Waals surface area (Å²) in [5.74, 6) is 0.357. The van der Waals surface area contributed by atoms with Gasteiger partial charge in [0.1, 0.15) is 0 Å². The number of anilines is 1. The van der Waals surface area contributed by atoms with Crippen LogP contribution in [0.5, 0.6) is 0 Å². The second-order valence-electron chi connectivity index (χ2n) is 6.33. The minimum absolute atomic E-state index is 0. The maximum absolute atomic E-state index is 11.7. The standard InChI is InChI=1S/C19H24N4O2S.HI/c1-21-26(24,25)16-11-9-14(10-12-16)13-22-19(20)23-18-8-4-6-15-5-2-3-7-17(15)18;/h4,6,8-12,21H,2-3,5,7,13H2,1H3,(H3,20,22,23);1H. The van der Waals surface area contributed by atoms with Crippen LogP contribution < -0.4 is 15.8 Å². The van der Waals surface area contributed by atoms with E-state index in [4.69, 9.17) is 5.73 Å². The largest absolute Gasteiger partial charge is 0.370 e. The summed E-state index contributed by atoms with van der Waals surface area (Å²) in [6.07, 6.45) is 4.61. The first kappa shape index (κ1) is 21.6. The van der Waals surface area contributed by atoms with E-state index in [1.165, 1.54) is 31.0 Å². The fourth-order valence-corrected chi connectivity index (χ4v) is 3.87. The maximum atomic E-state index is 11.7. The fourth-order valence-electron chi connectivity index (χ4n) is 3.14. The molecule has 27 heavy (non-hydrogen) atoms. The van der Waals surface area contributed by atoms with Gasteiger partial charge in [0.05, 0.1) is 11.4 Å². The van der Waals surface area contributed by atoms with Crippen molar-refractivity contribution >= 4 is 45.6 Å². The van der Waals surface area contributed by atoms with Gasteiger partial charge in [0.2, 0.25) is 10.0 Å². The molecule has 1 aliphatic rings. The highest BCUT2D eigenvalue weighted by atomic mass is 127. The molecule has 4 N–H and O–H groups in total. The Morgan fingerprint density at radius 1 is 1.11 bits per heavy atom. The number of halogens is 1. The first-order valence-electron chi connectivity index (χ1n) is 8.70. The van der Waals surface area contributed by atoms with Gasteiger partial charge in [-0.3, -0.25) is 0 Å². The highest BCUT2D eigenvalue weighted by molar-refractivity contribution is 14.0. The van der Waals surface area contributed by atoms with Crippen LogP contribution in [-0.2, 0) is 29.4 Å². The van der Waals surface area contributed by atoms with Crippen LogP contribution in [0.1, 0.15) is 29.5 Å². The SMILES string of the molecule is CNS(=O)(=O)c1ccc(CN=C(N)Nc2cccc3c2CCCC3)cc1.I. The van der Waals surface area contributed by atoms with Crippen molar-refractivity contribution in [3.8, 4) is 0 Å². The van der Waals surface area contributed by atoms with Crippen molar-refractivity contribution in [2.45, 2.75) is 37.1 Å². The summed E-state index contributed by atoms with van der Waals surface area (Å²) in [7, 11) is -2.03. The Morgan fingerprint density at radius 2 is 1.81 bits per heavy atom. The van der Waals surface area contributed by atoms with E-state index in [0.717, 1.165) is 24.1 Å². The molecule has 0 radical (unpaired) electrons. The molecule has 0 saturated carbocycles. The molecule has 0 unspecified atom stereocenters. The van der Waals surface area contributed by atoms with Gasteiger partial charge in [-0.15, -0.1) is 24.0 Å². The monoisotopic (exact) mass is 500 g/mol. The summed E-state index contributed by atoms with van der Waals surface area (Å²) in [5, 5.41) is 3.21.